The van der Waals surface area contributed by atoms with Gasteiger partial charge in [-0.2, -0.15) is 0 Å². The predicted octanol–water partition coefficient (Wildman–Crippen LogP) is 4.08. The average Bonchev–Trinajstić information content (AvgIpc) is 3.28. The van der Waals surface area contributed by atoms with Gasteiger partial charge in [-0.25, -0.2) is 9.87 Å². The van der Waals surface area contributed by atoms with E-state index in [4.69, 9.17) is 9.94 Å². The van der Waals surface area contributed by atoms with Crippen LogP contribution in [-0.2, 0) is 24.2 Å². The van der Waals surface area contributed by atoms with Crippen LogP contribution in [0.15, 0.2) is 60.7 Å². The molecule has 1 atom stereocenters. The highest BCUT2D eigenvalue weighted by molar-refractivity contribution is 6.02. The summed E-state index contributed by atoms with van der Waals surface area (Å²) < 4.78 is 19.9. The van der Waals surface area contributed by atoms with E-state index in [1.54, 1.807) is 16.4 Å². The third-order valence-electron chi connectivity index (χ3n) is 7.18. The molecule has 0 bridgehead atoms. The number of hydrogen-bond donors (Lipinski definition) is 3. The van der Waals surface area contributed by atoms with Crippen LogP contribution in [0.3, 0.4) is 0 Å². The molecule has 6 rings (SSSR count). The quantitative estimate of drug-likeness (QED) is 0.283. The molecule has 0 aliphatic carbocycles. The van der Waals surface area contributed by atoms with Crippen molar-refractivity contribution in [2.45, 2.75) is 25.6 Å². The lowest BCUT2D eigenvalue weighted by Crippen LogP contribution is -2.51. The number of aromatic amines is 1. The number of nitrogens with one attached hydrogen (secondary N) is 2. The van der Waals surface area contributed by atoms with Crippen LogP contribution in [0.25, 0.3) is 10.9 Å². The van der Waals surface area contributed by atoms with Gasteiger partial charge >= 0.3 is 0 Å². The molecular weight excluding hydrogens is 475 g/mol. The second kappa shape index (κ2) is 8.94. The maximum absolute atomic E-state index is 13.9. The summed E-state index contributed by atoms with van der Waals surface area (Å²) in [5, 5.41) is 9.73. The molecule has 8 nitrogen and oxygen atoms in total. The lowest BCUT2D eigenvalue weighted by atomic mass is 9.96. The van der Waals surface area contributed by atoms with Crippen LogP contribution < -0.4 is 15.1 Å². The molecule has 3 N–H and O–H groups in total. The molecule has 2 aliphatic heterocycles. The minimum Gasteiger partial charge on any atom is -0.489 e. The van der Waals surface area contributed by atoms with Crippen molar-refractivity contribution < 1.29 is 23.9 Å². The molecule has 4 aromatic rings. The Bertz CT molecular complexity index is 1530. The van der Waals surface area contributed by atoms with Gasteiger partial charge < -0.3 is 19.5 Å². The number of hydrogen-bond acceptors (Lipinski definition) is 5. The predicted molar refractivity (Wildman–Crippen MR) is 135 cm³/mol. The van der Waals surface area contributed by atoms with Crippen LogP contribution in [-0.4, -0.2) is 40.5 Å². The van der Waals surface area contributed by atoms with Gasteiger partial charge in [-0.05, 0) is 59.5 Å². The van der Waals surface area contributed by atoms with Crippen LogP contribution in [0.1, 0.15) is 38.9 Å². The summed E-state index contributed by atoms with van der Waals surface area (Å²) in [6.07, 6.45) is 0.495. The van der Waals surface area contributed by atoms with E-state index in [9.17, 15) is 14.0 Å². The first-order chi connectivity index (χ1) is 17.9. The van der Waals surface area contributed by atoms with Gasteiger partial charge in [-0.15, -0.1) is 0 Å². The Morgan fingerprint density at radius 3 is 2.70 bits per heavy atom. The van der Waals surface area contributed by atoms with E-state index in [-0.39, 0.29) is 18.5 Å². The van der Waals surface area contributed by atoms with E-state index in [1.807, 2.05) is 54.4 Å². The normalized spacial score (nSPS) is 16.3. The summed E-state index contributed by atoms with van der Waals surface area (Å²) in [4.78, 5) is 31.9. The first kappa shape index (κ1) is 23.1. The number of hydroxylamine groups is 1. The van der Waals surface area contributed by atoms with Gasteiger partial charge in [0.25, 0.3) is 5.91 Å². The number of carbonyl (C=O) groups is 2. The second-order valence-electron chi connectivity index (χ2n) is 9.44. The third kappa shape index (κ3) is 3.97. The van der Waals surface area contributed by atoms with E-state index in [0.29, 0.717) is 30.8 Å². The molecule has 0 saturated carbocycles. The molecule has 3 heterocycles. The fourth-order valence-corrected chi connectivity index (χ4v) is 5.37. The van der Waals surface area contributed by atoms with Gasteiger partial charge in [0.1, 0.15) is 24.3 Å². The number of rotatable bonds is 5. The first-order valence-corrected chi connectivity index (χ1v) is 12.0. The lowest BCUT2D eigenvalue weighted by Gasteiger charge is -2.46. The summed E-state index contributed by atoms with van der Waals surface area (Å²) in [5.41, 5.74) is 7.57. The molecule has 3 aromatic carbocycles. The SMILES string of the molecule is CN1c2ccc(F)cc2C(=O)N2CCc3c([nH]c4ccc(OCc5ccc(CC(=O)NO)cc5)cc34)C21. The van der Waals surface area contributed by atoms with Crippen molar-refractivity contribution in [2.75, 3.05) is 18.5 Å². The van der Waals surface area contributed by atoms with Crippen LogP contribution in [0.5, 0.6) is 5.75 Å². The Kier molecular flexibility index (Phi) is 5.57. The largest absolute Gasteiger partial charge is 0.489 e. The van der Waals surface area contributed by atoms with E-state index < -0.39 is 11.7 Å². The summed E-state index contributed by atoms with van der Waals surface area (Å²) in [7, 11) is 1.93. The fourth-order valence-electron chi connectivity index (χ4n) is 5.37. The Balaban J connectivity index is 1.25. The summed E-state index contributed by atoms with van der Waals surface area (Å²) in [6.45, 7) is 0.904. The fraction of sp³-hybridized carbons (Fsp3) is 0.214. The van der Waals surface area contributed by atoms with Gasteiger partial charge in [-0.1, -0.05) is 24.3 Å². The van der Waals surface area contributed by atoms with Crippen molar-refractivity contribution in [3.8, 4) is 5.75 Å². The lowest BCUT2D eigenvalue weighted by molar-refractivity contribution is -0.128. The Labute approximate surface area is 212 Å². The minimum absolute atomic E-state index is 0.106. The van der Waals surface area contributed by atoms with Crippen LogP contribution in [0, 0.1) is 5.82 Å². The minimum atomic E-state index is -0.461. The van der Waals surface area contributed by atoms with Crippen molar-refractivity contribution >= 4 is 28.4 Å². The molecule has 188 valence electrons. The number of anilines is 1. The number of halogens is 1. The maximum atomic E-state index is 13.9. The molecule has 1 unspecified atom stereocenters. The zero-order valence-electron chi connectivity index (χ0n) is 20.1. The van der Waals surface area contributed by atoms with E-state index >= 15 is 0 Å². The Morgan fingerprint density at radius 1 is 1.14 bits per heavy atom. The third-order valence-corrected chi connectivity index (χ3v) is 7.18. The number of carbonyl (C=O) groups excluding carboxylic acids is 2. The average molecular weight is 501 g/mol. The number of nitrogens with zero attached hydrogens (tertiary/aromatic N) is 2. The van der Waals surface area contributed by atoms with Gasteiger partial charge in [0, 0.05) is 24.5 Å². The highest BCUT2D eigenvalue weighted by Gasteiger charge is 2.41. The van der Waals surface area contributed by atoms with Gasteiger partial charge in [-0.3, -0.25) is 14.8 Å². The molecular formula is C28H25FN4O4. The van der Waals surface area contributed by atoms with Crippen molar-refractivity contribution in [1.29, 1.82) is 0 Å². The first-order valence-electron chi connectivity index (χ1n) is 12.0. The highest BCUT2D eigenvalue weighted by atomic mass is 19.1. The number of ether oxygens (including phenoxy) is 1. The number of fused-ring (bicyclic) bond motifs is 6. The molecule has 0 saturated heterocycles. The molecule has 37 heavy (non-hydrogen) atoms. The van der Waals surface area contributed by atoms with Gasteiger partial charge in [0.15, 0.2) is 0 Å². The topological polar surface area (TPSA) is 97.9 Å². The van der Waals surface area contributed by atoms with Crippen molar-refractivity contribution in [2.24, 2.45) is 0 Å². The van der Waals surface area contributed by atoms with Crippen molar-refractivity contribution in [1.82, 2.24) is 15.4 Å². The van der Waals surface area contributed by atoms with Gasteiger partial charge in [0.2, 0.25) is 5.91 Å². The summed E-state index contributed by atoms with van der Waals surface area (Å²) >= 11 is 0. The number of amides is 2. The number of benzene rings is 3. The maximum Gasteiger partial charge on any atom is 0.258 e. The standard InChI is InChI=1S/C28H25FN4O4/c1-32-24-9-6-18(29)13-22(24)28(35)33-11-10-20-21-14-19(7-8-23(21)30-26(20)27(32)33)37-15-17-4-2-16(3-5-17)12-25(34)31-36/h2-9,13-14,27,30,36H,10-12,15H2,1H3,(H,31,34). The number of H-pyrrole nitrogens is 1. The molecule has 2 aliphatic rings. The molecule has 0 radical (unpaired) electrons. The summed E-state index contributed by atoms with van der Waals surface area (Å²) in [6, 6.07) is 17.7. The smallest absolute Gasteiger partial charge is 0.258 e. The second-order valence-corrected chi connectivity index (χ2v) is 9.44. The molecule has 9 heteroatoms. The van der Waals surface area contributed by atoms with Gasteiger partial charge in [0.05, 0.1) is 23.4 Å². The molecule has 1 aromatic heterocycles. The van der Waals surface area contributed by atoms with E-state index in [2.05, 4.69) is 4.98 Å². The molecule has 0 spiro atoms. The summed E-state index contributed by atoms with van der Waals surface area (Å²) in [5.74, 6) is -0.305. The zero-order chi connectivity index (χ0) is 25.7. The van der Waals surface area contributed by atoms with Crippen LogP contribution in [0.2, 0.25) is 0 Å². The van der Waals surface area contributed by atoms with Crippen molar-refractivity contribution in [3.05, 3.63) is 94.4 Å². The Morgan fingerprint density at radius 2 is 1.92 bits per heavy atom. The van der Waals surface area contributed by atoms with E-state index in [0.717, 1.165) is 39.0 Å². The van der Waals surface area contributed by atoms with E-state index in [1.165, 1.54) is 12.1 Å². The van der Waals surface area contributed by atoms with Crippen molar-refractivity contribution in [3.63, 3.8) is 0 Å². The molecule has 0 fully saturated rings. The monoisotopic (exact) mass is 500 g/mol. The van der Waals surface area contributed by atoms with Crippen LogP contribution >= 0.6 is 0 Å². The molecule has 2 amide bonds. The number of aromatic nitrogens is 1. The Hall–Kier alpha value is -4.37. The zero-order valence-corrected chi connectivity index (χ0v) is 20.1. The highest BCUT2D eigenvalue weighted by Crippen LogP contribution is 2.43. The van der Waals surface area contributed by atoms with Crippen LogP contribution in [0.4, 0.5) is 10.1 Å².